The Morgan fingerprint density at radius 3 is 1.90 bits per heavy atom. The maximum atomic E-state index is 14.9. The second kappa shape index (κ2) is 13.7. The third kappa shape index (κ3) is 6.95. The van der Waals surface area contributed by atoms with Crippen LogP contribution in [0.5, 0.6) is 17.2 Å². The molecule has 0 aliphatic rings. The van der Waals surface area contributed by atoms with Crippen molar-refractivity contribution in [1.29, 1.82) is 0 Å². The molecule has 0 fully saturated rings. The van der Waals surface area contributed by atoms with Gasteiger partial charge in [0.15, 0.2) is 23.2 Å². The molecule has 0 saturated carbocycles. The Balaban J connectivity index is 1.45. The molecule has 41 heavy (non-hydrogen) atoms. The predicted octanol–water partition coefficient (Wildman–Crippen LogP) is 8.93. The number of esters is 1. The van der Waals surface area contributed by atoms with Gasteiger partial charge in [0.2, 0.25) is 5.82 Å². The van der Waals surface area contributed by atoms with Crippen LogP contribution >= 0.6 is 0 Å². The van der Waals surface area contributed by atoms with Crippen LogP contribution in [-0.2, 0) is 0 Å². The highest BCUT2D eigenvalue weighted by Gasteiger charge is 2.22. The summed E-state index contributed by atoms with van der Waals surface area (Å²) in [6.45, 7) is 6.32. The van der Waals surface area contributed by atoms with E-state index in [-0.39, 0.29) is 29.2 Å². The lowest BCUT2D eigenvalue weighted by molar-refractivity contribution is 0.0728. The van der Waals surface area contributed by atoms with Crippen molar-refractivity contribution in [2.75, 3.05) is 13.2 Å². The summed E-state index contributed by atoms with van der Waals surface area (Å²) in [6, 6.07) is 17.2. The molecule has 0 unspecified atom stereocenters. The number of rotatable bonds is 12. The first-order valence-electron chi connectivity index (χ1n) is 13.1. The number of ether oxygens (including phenoxy) is 3. The van der Waals surface area contributed by atoms with Crippen molar-refractivity contribution < 1.29 is 36.6 Å². The first-order chi connectivity index (χ1) is 19.8. The van der Waals surface area contributed by atoms with Crippen LogP contribution in [0.1, 0.15) is 36.5 Å². The Morgan fingerprint density at radius 1 is 0.707 bits per heavy atom. The molecule has 0 aromatic heterocycles. The maximum absolute atomic E-state index is 14.9. The van der Waals surface area contributed by atoms with Gasteiger partial charge in [0.1, 0.15) is 11.5 Å². The van der Waals surface area contributed by atoms with Gasteiger partial charge in [0, 0.05) is 11.1 Å². The Morgan fingerprint density at radius 2 is 1.29 bits per heavy atom. The first-order valence-corrected chi connectivity index (χ1v) is 13.1. The molecule has 0 aliphatic heterocycles. The number of halogens is 4. The van der Waals surface area contributed by atoms with Crippen molar-refractivity contribution in [2.24, 2.45) is 0 Å². The van der Waals surface area contributed by atoms with Crippen LogP contribution in [0.15, 0.2) is 85.5 Å². The van der Waals surface area contributed by atoms with Gasteiger partial charge in [-0.3, -0.25) is 0 Å². The summed E-state index contributed by atoms with van der Waals surface area (Å²) in [7, 11) is 0. The number of unbranched alkanes of at least 4 members (excludes halogenated alkanes) is 1. The van der Waals surface area contributed by atoms with Gasteiger partial charge in [-0.05, 0) is 66.4 Å². The van der Waals surface area contributed by atoms with Gasteiger partial charge < -0.3 is 14.2 Å². The van der Waals surface area contributed by atoms with Crippen LogP contribution in [-0.4, -0.2) is 19.2 Å². The second-order valence-corrected chi connectivity index (χ2v) is 9.09. The summed E-state index contributed by atoms with van der Waals surface area (Å²) in [5, 5.41) is 0. The minimum atomic E-state index is -1.35. The van der Waals surface area contributed by atoms with Gasteiger partial charge in [-0.2, -0.15) is 4.39 Å². The van der Waals surface area contributed by atoms with Gasteiger partial charge in [0.05, 0.1) is 18.8 Å². The molecule has 0 radical (unpaired) electrons. The third-order valence-electron chi connectivity index (χ3n) is 6.24. The van der Waals surface area contributed by atoms with E-state index in [0.29, 0.717) is 29.9 Å². The molecule has 4 aromatic rings. The fourth-order valence-electron chi connectivity index (χ4n) is 3.98. The highest BCUT2D eigenvalue weighted by molar-refractivity contribution is 5.92. The van der Waals surface area contributed by atoms with Crippen molar-refractivity contribution in [3.63, 3.8) is 0 Å². The molecule has 4 rings (SSSR count). The lowest BCUT2D eigenvalue weighted by atomic mass is 10.0. The summed E-state index contributed by atoms with van der Waals surface area (Å²) in [5.41, 5.74) is 0.0904. The van der Waals surface area contributed by atoms with Crippen molar-refractivity contribution >= 4 is 5.97 Å². The van der Waals surface area contributed by atoms with E-state index in [1.165, 1.54) is 42.5 Å². The zero-order chi connectivity index (χ0) is 29.4. The Bertz CT molecular complexity index is 1520. The number of hydrogen-bond donors (Lipinski definition) is 0. The minimum absolute atomic E-state index is 0.00607. The monoisotopic (exact) mass is 564 g/mol. The smallest absolute Gasteiger partial charge is 0.346 e. The number of benzene rings is 4. The molecule has 212 valence electrons. The quantitative estimate of drug-likeness (QED) is 0.0567. The van der Waals surface area contributed by atoms with E-state index in [0.717, 1.165) is 18.9 Å². The van der Waals surface area contributed by atoms with E-state index in [4.69, 9.17) is 14.2 Å². The van der Waals surface area contributed by atoms with E-state index in [9.17, 15) is 22.4 Å². The highest BCUT2D eigenvalue weighted by atomic mass is 19.2. The summed E-state index contributed by atoms with van der Waals surface area (Å²) >= 11 is 0. The number of hydrogen-bond acceptors (Lipinski definition) is 4. The molecule has 0 aliphatic carbocycles. The van der Waals surface area contributed by atoms with E-state index >= 15 is 0 Å². The fourth-order valence-corrected chi connectivity index (χ4v) is 3.98. The fraction of sp³-hybridized carbons (Fsp3) is 0.182. The minimum Gasteiger partial charge on any atom is -0.494 e. The van der Waals surface area contributed by atoms with Crippen molar-refractivity contribution in [2.45, 2.75) is 26.2 Å². The zero-order valence-corrected chi connectivity index (χ0v) is 22.4. The summed E-state index contributed by atoms with van der Waals surface area (Å²) in [5.74, 6) is -5.46. The average molecular weight is 565 g/mol. The molecule has 0 amide bonds. The normalized spacial score (nSPS) is 10.8. The molecule has 4 nitrogen and oxygen atoms in total. The lowest BCUT2D eigenvalue weighted by Gasteiger charge is -2.11. The van der Waals surface area contributed by atoms with Crippen molar-refractivity contribution in [1.82, 2.24) is 0 Å². The van der Waals surface area contributed by atoms with Crippen LogP contribution in [0.25, 0.3) is 22.3 Å². The van der Waals surface area contributed by atoms with Crippen LogP contribution < -0.4 is 14.2 Å². The average Bonchev–Trinajstić information content (AvgIpc) is 2.98. The summed E-state index contributed by atoms with van der Waals surface area (Å²) in [6.07, 6.45) is 3.97. The Labute approximate surface area is 235 Å². The zero-order valence-electron chi connectivity index (χ0n) is 22.4. The van der Waals surface area contributed by atoms with Crippen LogP contribution in [0.2, 0.25) is 0 Å². The molecule has 0 heterocycles. The number of carbonyl (C=O) groups excluding carboxylic acids is 1. The predicted molar refractivity (Wildman–Crippen MR) is 149 cm³/mol. The molecule has 0 saturated heterocycles. The van der Waals surface area contributed by atoms with Crippen molar-refractivity contribution in [3.05, 3.63) is 114 Å². The van der Waals surface area contributed by atoms with Gasteiger partial charge in [0.25, 0.3) is 0 Å². The van der Waals surface area contributed by atoms with Crippen LogP contribution in [0.3, 0.4) is 0 Å². The molecule has 0 N–H and O–H groups in total. The topological polar surface area (TPSA) is 44.8 Å². The highest BCUT2D eigenvalue weighted by Crippen LogP contribution is 2.32. The van der Waals surface area contributed by atoms with E-state index in [1.807, 2.05) is 0 Å². The van der Waals surface area contributed by atoms with Crippen molar-refractivity contribution in [3.8, 4) is 39.5 Å². The van der Waals surface area contributed by atoms with Gasteiger partial charge in [-0.1, -0.05) is 49.8 Å². The summed E-state index contributed by atoms with van der Waals surface area (Å²) in [4.78, 5) is 12.6. The van der Waals surface area contributed by atoms with Gasteiger partial charge >= 0.3 is 5.97 Å². The first kappa shape index (κ1) is 29.4. The molecule has 0 bridgehead atoms. The molecule has 0 spiro atoms. The molecular weight excluding hydrogens is 536 g/mol. The third-order valence-corrected chi connectivity index (χ3v) is 6.24. The number of carbonyl (C=O) groups is 1. The molecule has 8 heteroatoms. The van der Waals surface area contributed by atoms with Gasteiger partial charge in [-0.25, -0.2) is 18.0 Å². The van der Waals surface area contributed by atoms with Gasteiger partial charge in [-0.15, -0.1) is 6.58 Å². The molecule has 0 atom stereocenters. The molecule has 4 aromatic carbocycles. The van der Waals surface area contributed by atoms with E-state index in [2.05, 4.69) is 13.5 Å². The van der Waals surface area contributed by atoms with Crippen LogP contribution in [0, 0.1) is 23.3 Å². The SMILES string of the molecule is C=CCCOc1ccc(-c2ccc(OC(=O)c3ccc(-c4ccc(OCCCC)cc4)c(F)c3F)cc2)c(F)c1F. The van der Waals surface area contributed by atoms with E-state index < -0.39 is 34.8 Å². The Hall–Kier alpha value is -4.59. The largest absolute Gasteiger partial charge is 0.494 e. The second-order valence-electron chi connectivity index (χ2n) is 9.09. The standard InChI is InChI=1S/C33H28F4O4/c1-3-5-19-39-23-11-7-21(8-12-23)25-15-16-27(31(36)29(25)34)33(38)41-24-13-9-22(10-14-24)26-17-18-28(32(37)30(26)35)40-20-6-4-2/h4,7-18H,2-3,5-6,19-20H2,1H3. The summed E-state index contributed by atoms with van der Waals surface area (Å²) < 4.78 is 74.9. The lowest BCUT2D eigenvalue weighted by Crippen LogP contribution is -2.12. The maximum Gasteiger partial charge on any atom is 0.346 e. The van der Waals surface area contributed by atoms with E-state index in [1.54, 1.807) is 30.3 Å². The molecular formula is C33H28F4O4. The van der Waals surface area contributed by atoms with Crippen LogP contribution in [0.4, 0.5) is 17.6 Å². The Kier molecular flexibility index (Phi) is 9.79.